The monoisotopic (exact) mass is 294 g/mol. The van der Waals surface area contributed by atoms with Gasteiger partial charge >= 0.3 is 0 Å². The van der Waals surface area contributed by atoms with Crippen molar-refractivity contribution in [1.29, 1.82) is 0 Å². The number of fused-ring (bicyclic) bond motifs is 2. The maximum absolute atomic E-state index is 4.18. The lowest BCUT2D eigenvalue weighted by atomic mass is 9.79. The van der Waals surface area contributed by atoms with Gasteiger partial charge in [-0.25, -0.2) is 0 Å². The Morgan fingerprint density at radius 3 is 2.86 bits per heavy atom. The zero-order valence-corrected chi connectivity index (χ0v) is 13.7. The first-order valence-electron chi connectivity index (χ1n) is 8.59. The summed E-state index contributed by atoms with van der Waals surface area (Å²) in [6.07, 6.45) is 9.02. The highest BCUT2D eigenvalue weighted by atomic mass is 15.0. The molecule has 1 N–H and O–H groups in total. The minimum atomic E-state index is 0.428. The van der Waals surface area contributed by atoms with E-state index in [1.165, 1.54) is 31.2 Å². The van der Waals surface area contributed by atoms with E-state index in [2.05, 4.69) is 40.6 Å². The van der Waals surface area contributed by atoms with E-state index in [1.807, 2.05) is 32.3 Å². The number of aryl methyl sites for hydroxylation is 1. The van der Waals surface area contributed by atoms with Crippen LogP contribution in [0.25, 0.3) is 0 Å². The van der Waals surface area contributed by atoms with E-state index in [0.29, 0.717) is 11.5 Å². The molecule has 2 aliphatic rings. The number of hydrogen-bond donors (Lipinski definition) is 1. The molecule has 2 atom stereocenters. The molecule has 0 saturated heterocycles. The summed E-state index contributed by atoms with van der Waals surface area (Å²) in [4.78, 5) is 4.18. The van der Waals surface area contributed by atoms with Gasteiger partial charge in [0.2, 0.25) is 0 Å². The Morgan fingerprint density at radius 2 is 2.05 bits per heavy atom. The van der Waals surface area contributed by atoms with Crippen molar-refractivity contribution in [1.82, 2.24) is 10.3 Å². The van der Waals surface area contributed by atoms with Gasteiger partial charge in [-0.15, -0.1) is 0 Å². The largest absolute Gasteiger partial charge is 0.309 e. The van der Waals surface area contributed by atoms with E-state index < -0.39 is 0 Å². The Labute approximate surface area is 134 Å². The minimum absolute atomic E-state index is 0.428. The summed E-state index contributed by atoms with van der Waals surface area (Å²) >= 11 is 0. The van der Waals surface area contributed by atoms with Crippen LogP contribution in [0.5, 0.6) is 0 Å². The molecule has 0 bridgehead atoms. The molecule has 2 unspecified atom stereocenters. The molecular weight excluding hydrogens is 268 g/mol. The van der Waals surface area contributed by atoms with E-state index in [1.54, 1.807) is 11.1 Å². The average molecular weight is 294 g/mol. The van der Waals surface area contributed by atoms with E-state index in [0.717, 1.165) is 6.54 Å². The lowest BCUT2D eigenvalue weighted by Gasteiger charge is -2.26. The molecule has 2 aliphatic carbocycles. The van der Waals surface area contributed by atoms with Gasteiger partial charge in [-0.3, -0.25) is 4.98 Å². The zero-order chi connectivity index (χ0) is 15.4. The fraction of sp³-hybridized carbons (Fsp3) is 0.450. The van der Waals surface area contributed by atoms with Crippen LogP contribution in [-0.4, -0.2) is 11.0 Å². The van der Waals surface area contributed by atoms with Gasteiger partial charge in [-0.05, 0) is 48.4 Å². The molecule has 0 radical (unpaired) electrons. The van der Waals surface area contributed by atoms with Crippen LogP contribution in [0, 0.1) is 0 Å². The molecule has 22 heavy (non-hydrogen) atoms. The first-order chi connectivity index (χ1) is 10.9. The van der Waals surface area contributed by atoms with E-state index in [-0.39, 0.29) is 0 Å². The van der Waals surface area contributed by atoms with E-state index in [9.17, 15) is 0 Å². The van der Waals surface area contributed by atoms with Crippen molar-refractivity contribution < 1.29 is 0 Å². The molecule has 4 rings (SSSR count). The van der Waals surface area contributed by atoms with Crippen molar-refractivity contribution in [3.8, 4) is 0 Å². The topological polar surface area (TPSA) is 24.9 Å². The normalized spacial score (nSPS) is 25.1. The van der Waals surface area contributed by atoms with Crippen molar-refractivity contribution in [2.24, 2.45) is 0 Å². The smallest absolute Gasteiger partial charge is 0.0312 e. The van der Waals surface area contributed by atoms with Gasteiger partial charge in [0.25, 0.3) is 0 Å². The summed E-state index contributed by atoms with van der Waals surface area (Å²) in [5.41, 5.74) is 4.88. The number of aromatic nitrogens is 1. The SMILES string of the molecule is CC.c1cncc(CNC2CC23CCCc2ccccc23)c1. The van der Waals surface area contributed by atoms with Crippen molar-refractivity contribution in [3.63, 3.8) is 0 Å². The minimum Gasteiger partial charge on any atom is -0.309 e. The van der Waals surface area contributed by atoms with Gasteiger partial charge in [0.1, 0.15) is 0 Å². The van der Waals surface area contributed by atoms with Crippen LogP contribution in [0.4, 0.5) is 0 Å². The predicted molar refractivity (Wildman–Crippen MR) is 91.9 cm³/mol. The van der Waals surface area contributed by atoms with Crippen molar-refractivity contribution in [2.45, 2.75) is 57.5 Å². The summed E-state index contributed by atoms with van der Waals surface area (Å²) in [6, 6.07) is 13.8. The van der Waals surface area contributed by atoms with E-state index >= 15 is 0 Å². The molecule has 0 aliphatic heterocycles. The third-order valence-corrected chi connectivity index (χ3v) is 4.97. The standard InChI is InChI=1S/C18H20N2.C2H6/c1-2-8-16-15(6-1)7-3-9-18(16)11-17(18)20-13-14-5-4-10-19-12-14;1-2/h1-2,4-6,8,10,12,17,20H,3,7,9,11,13H2;1-2H3. The zero-order valence-electron chi connectivity index (χ0n) is 13.7. The Balaban J connectivity index is 0.000000693. The summed E-state index contributed by atoms with van der Waals surface area (Å²) in [5.74, 6) is 0. The van der Waals surface area contributed by atoms with Gasteiger partial charge in [-0.2, -0.15) is 0 Å². The number of benzene rings is 1. The maximum Gasteiger partial charge on any atom is 0.0312 e. The fourth-order valence-corrected chi connectivity index (χ4v) is 3.84. The van der Waals surface area contributed by atoms with Gasteiger partial charge in [0.05, 0.1) is 0 Å². The molecule has 1 heterocycles. The Hall–Kier alpha value is -1.67. The van der Waals surface area contributed by atoms with Crippen LogP contribution in [0.1, 0.15) is 49.8 Å². The second kappa shape index (κ2) is 6.62. The molecular formula is C20H26N2. The summed E-state index contributed by atoms with van der Waals surface area (Å²) in [6.45, 7) is 4.93. The van der Waals surface area contributed by atoms with Crippen LogP contribution in [-0.2, 0) is 18.4 Å². The maximum atomic E-state index is 4.18. The van der Waals surface area contributed by atoms with Gasteiger partial charge in [0.15, 0.2) is 0 Å². The van der Waals surface area contributed by atoms with Gasteiger partial charge in [0, 0.05) is 30.4 Å². The molecule has 1 saturated carbocycles. The highest BCUT2D eigenvalue weighted by molar-refractivity contribution is 5.44. The number of hydrogen-bond acceptors (Lipinski definition) is 2. The van der Waals surface area contributed by atoms with Crippen LogP contribution in [0.15, 0.2) is 48.8 Å². The first kappa shape index (κ1) is 15.2. The van der Waals surface area contributed by atoms with Crippen LogP contribution >= 0.6 is 0 Å². The second-order valence-electron chi connectivity index (χ2n) is 6.17. The number of pyridine rings is 1. The van der Waals surface area contributed by atoms with Gasteiger partial charge in [-0.1, -0.05) is 44.2 Å². The van der Waals surface area contributed by atoms with Crippen LogP contribution in [0.2, 0.25) is 0 Å². The molecule has 2 nitrogen and oxygen atoms in total. The number of nitrogens with zero attached hydrogens (tertiary/aromatic N) is 1. The molecule has 2 heteroatoms. The first-order valence-corrected chi connectivity index (χ1v) is 8.59. The summed E-state index contributed by atoms with van der Waals surface area (Å²) in [5, 5.41) is 3.73. The third kappa shape index (κ3) is 2.80. The van der Waals surface area contributed by atoms with Crippen molar-refractivity contribution >= 4 is 0 Å². The quantitative estimate of drug-likeness (QED) is 0.915. The van der Waals surface area contributed by atoms with Crippen molar-refractivity contribution in [2.75, 3.05) is 0 Å². The second-order valence-corrected chi connectivity index (χ2v) is 6.17. The Kier molecular flexibility index (Phi) is 4.58. The highest BCUT2D eigenvalue weighted by Crippen LogP contribution is 2.55. The molecule has 2 aromatic rings. The van der Waals surface area contributed by atoms with Crippen molar-refractivity contribution in [3.05, 3.63) is 65.5 Å². The molecule has 116 valence electrons. The lowest BCUT2D eigenvalue weighted by molar-refractivity contribution is 0.492. The van der Waals surface area contributed by atoms with Crippen LogP contribution in [0.3, 0.4) is 0 Å². The average Bonchev–Trinajstić information content (AvgIpc) is 3.30. The Morgan fingerprint density at radius 1 is 1.18 bits per heavy atom. The molecule has 1 aromatic heterocycles. The third-order valence-electron chi connectivity index (χ3n) is 4.97. The molecule has 0 amide bonds. The fourth-order valence-electron chi connectivity index (χ4n) is 3.84. The van der Waals surface area contributed by atoms with Gasteiger partial charge < -0.3 is 5.32 Å². The molecule has 1 fully saturated rings. The number of nitrogens with one attached hydrogen (secondary N) is 1. The molecule has 1 aromatic carbocycles. The number of rotatable bonds is 3. The highest BCUT2D eigenvalue weighted by Gasteiger charge is 2.56. The summed E-state index contributed by atoms with van der Waals surface area (Å²) < 4.78 is 0. The predicted octanol–water partition coefficient (Wildman–Crippen LogP) is 4.24. The Bertz CT molecular complexity index is 608. The molecule has 1 spiro atoms. The summed E-state index contributed by atoms with van der Waals surface area (Å²) in [7, 11) is 0. The van der Waals surface area contributed by atoms with Crippen LogP contribution < -0.4 is 5.32 Å². The lowest BCUT2D eigenvalue weighted by Crippen LogP contribution is -2.28. The van der Waals surface area contributed by atoms with E-state index in [4.69, 9.17) is 0 Å².